The summed E-state index contributed by atoms with van der Waals surface area (Å²) in [7, 11) is 0. The smallest absolute Gasteiger partial charge is 0.315 e. The van der Waals surface area contributed by atoms with E-state index in [-0.39, 0.29) is 18.7 Å². The Labute approximate surface area is 84.4 Å². The van der Waals surface area contributed by atoms with Crippen molar-refractivity contribution < 1.29 is 9.53 Å². The topological polar surface area (TPSA) is 74.2 Å². The molecule has 2 N–H and O–H groups in total. The molecule has 0 rings (SSSR count). The molecule has 0 saturated carbocycles. The summed E-state index contributed by atoms with van der Waals surface area (Å²) in [6.45, 7) is 5.16. The van der Waals surface area contributed by atoms with Crippen molar-refractivity contribution in [1.82, 2.24) is 10.6 Å². The van der Waals surface area contributed by atoms with Crippen molar-refractivity contribution in [2.24, 2.45) is 0 Å². The lowest BCUT2D eigenvalue weighted by atomic mass is 10.4. The van der Waals surface area contributed by atoms with E-state index in [4.69, 9.17) is 10.00 Å². The molecule has 0 radical (unpaired) electrons. The summed E-state index contributed by atoms with van der Waals surface area (Å²) in [6.07, 6.45) is 1.00. The second-order valence-electron chi connectivity index (χ2n) is 3.04. The molecule has 0 spiro atoms. The molecule has 14 heavy (non-hydrogen) atoms. The molecule has 0 saturated heterocycles. The molecule has 0 heterocycles. The van der Waals surface area contributed by atoms with Crippen molar-refractivity contribution >= 4 is 6.03 Å². The number of hydrogen-bond donors (Lipinski definition) is 2. The fourth-order valence-electron chi connectivity index (χ4n) is 0.775. The summed E-state index contributed by atoms with van der Waals surface area (Å²) >= 11 is 0. The van der Waals surface area contributed by atoms with Gasteiger partial charge in [0.05, 0.1) is 12.2 Å². The van der Waals surface area contributed by atoms with Gasteiger partial charge >= 0.3 is 6.03 Å². The molecule has 0 aromatic rings. The molecular formula is C9H17N3O2. The number of nitriles is 1. The molecule has 0 unspecified atom stereocenters. The lowest BCUT2D eigenvalue weighted by molar-refractivity contribution is 0.0774. The number of urea groups is 1. The van der Waals surface area contributed by atoms with Crippen LogP contribution in [0.4, 0.5) is 4.79 Å². The van der Waals surface area contributed by atoms with E-state index in [0.717, 1.165) is 6.42 Å². The van der Waals surface area contributed by atoms with Gasteiger partial charge in [-0.05, 0) is 20.3 Å². The Hall–Kier alpha value is -1.28. The highest BCUT2D eigenvalue weighted by atomic mass is 16.5. The molecule has 0 aromatic carbocycles. The van der Waals surface area contributed by atoms with Crippen LogP contribution >= 0.6 is 0 Å². The summed E-state index contributed by atoms with van der Waals surface area (Å²) in [6, 6.07) is 1.51. The van der Waals surface area contributed by atoms with E-state index in [0.29, 0.717) is 13.2 Å². The minimum atomic E-state index is -0.309. The maximum Gasteiger partial charge on any atom is 0.315 e. The number of carbonyl (C=O) groups is 1. The third kappa shape index (κ3) is 8.81. The Morgan fingerprint density at radius 3 is 2.79 bits per heavy atom. The first-order valence-corrected chi connectivity index (χ1v) is 4.67. The van der Waals surface area contributed by atoms with Crippen molar-refractivity contribution in [2.45, 2.75) is 26.4 Å². The molecule has 0 aliphatic carbocycles. The summed E-state index contributed by atoms with van der Waals surface area (Å²) in [5.74, 6) is 0. The van der Waals surface area contributed by atoms with Crippen molar-refractivity contribution in [3.63, 3.8) is 0 Å². The maximum absolute atomic E-state index is 10.9. The van der Waals surface area contributed by atoms with Crippen LogP contribution < -0.4 is 10.6 Å². The molecule has 0 atom stereocenters. The standard InChI is InChI=1S/C9H17N3O2/c1-8(2)14-7-3-5-11-9(13)12-6-4-10/h8H,3,5-7H2,1-2H3,(H2,11,12,13). The lowest BCUT2D eigenvalue weighted by Crippen LogP contribution is -2.36. The number of hydrogen-bond acceptors (Lipinski definition) is 3. The summed E-state index contributed by atoms with van der Waals surface area (Å²) in [5, 5.41) is 13.2. The average molecular weight is 199 g/mol. The van der Waals surface area contributed by atoms with Crippen LogP contribution in [-0.2, 0) is 4.74 Å². The fraction of sp³-hybridized carbons (Fsp3) is 0.778. The van der Waals surface area contributed by atoms with Gasteiger partial charge in [0.1, 0.15) is 6.54 Å². The molecule has 0 aromatic heterocycles. The van der Waals surface area contributed by atoms with E-state index in [1.165, 1.54) is 0 Å². The quantitative estimate of drug-likeness (QED) is 0.486. The van der Waals surface area contributed by atoms with Crippen LogP contribution in [0.25, 0.3) is 0 Å². The summed E-state index contributed by atoms with van der Waals surface area (Å²) < 4.78 is 5.28. The van der Waals surface area contributed by atoms with Gasteiger partial charge in [-0.1, -0.05) is 0 Å². The zero-order valence-corrected chi connectivity index (χ0v) is 8.67. The highest BCUT2D eigenvalue weighted by molar-refractivity contribution is 5.73. The van der Waals surface area contributed by atoms with E-state index >= 15 is 0 Å². The second kappa shape index (κ2) is 8.32. The minimum Gasteiger partial charge on any atom is -0.379 e. The van der Waals surface area contributed by atoms with E-state index in [9.17, 15) is 4.79 Å². The molecule has 0 aliphatic heterocycles. The van der Waals surface area contributed by atoms with Gasteiger partial charge in [0.2, 0.25) is 0 Å². The molecule has 0 aliphatic rings. The maximum atomic E-state index is 10.9. The number of amides is 2. The van der Waals surface area contributed by atoms with Crippen LogP contribution in [0, 0.1) is 11.3 Å². The Morgan fingerprint density at radius 2 is 2.21 bits per heavy atom. The van der Waals surface area contributed by atoms with Gasteiger partial charge in [0.25, 0.3) is 0 Å². The summed E-state index contributed by atoms with van der Waals surface area (Å²) in [5.41, 5.74) is 0. The number of nitrogens with one attached hydrogen (secondary N) is 2. The van der Waals surface area contributed by atoms with Gasteiger partial charge in [-0.15, -0.1) is 0 Å². The molecule has 5 nitrogen and oxygen atoms in total. The largest absolute Gasteiger partial charge is 0.379 e. The van der Waals surface area contributed by atoms with E-state index in [2.05, 4.69) is 10.6 Å². The van der Waals surface area contributed by atoms with Crippen LogP contribution in [0.3, 0.4) is 0 Å². The molecule has 2 amide bonds. The number of ether oxygens (including phenoxy) is 1. The molecule has 0 fully saturated rings. The molecule has 80 valence electrons. The first-order chi connectivity index (χ1) is 6.66. The fourth-order valence-corrected chi connectivity index (χ4v) is 0.775. The van der Waals surface area contributed by atoms with Gasteiger partial charge in [-0.25, -0.2) is 4.79 Å². The predicted octanol–water partition coefficient (Wildman–Crippen LogP) is 0.624. The van der Waals surface area contributed by atoms with Crippen LogP contribution in [0.1, 0.15) is 20.3 Å². The van der Waals surface area contributed by atoms with Crippen molar-refractivity contribution in [3.05, 3.63) is 0 Å². The number of nitrogens with zero attached hydrogens (tertiary/aromatic N) is 1. The Bertz CT molecular complexity index is 199. The third-order valence-electron chi connectivity index (χ3n) is 1.39. The van der Waals surface area contributed by atoms with Crippen LogP contribution in [-0.4, -0.2) is 31.8 Å². The number of rotatable bonds is 6. The predicted molar refractivity (Wildman–Crippen MR) is 52.7 cm³/mol. The van der Waals surface area contributed by atoms with E-state index in [1.807, 2.05) is 19.9 Å². The molecular weight excluding hydrogens is 182 g/mol. The first-order valence-electron chi connectivity index (χ1n) is 4.67. The zero-order valence-electron chi connectivity index (χ0n) is 8.67. The number of carbonyl (C=O) groups excluding carboxylic acids is 1. The molecule has 5 heteroatoms. The van der Waals surface area contributed by atoms with Gasteiger partial charge in [-0.2, -0.15) is 5.26 Å². The van der Waals surface area contributed by atoms with Crippen molar-refractivity contribution in [1.29, 1.82) is 5.26 Å². The first kappa shape index (κ1) is 12.7. The highest BCUT2D eigenvalue weighted by Crippen LogP contribution is 1.88. The van der Waals surface area contributed by atoms with Crippen molar-refractivity contribution in [2.75, 3.05) is 19.7 Å². The average Bonchev–Trinajstić information content (AvgIpc) is 2.13. The monoisotopic (exact) mass is 199 g/mol. The van der Waals surface area contributed by atoms with Gasteiger partial charge in [-0.3, -0.25) is 0 Å². The minimum absolute atomic E-state index is 0.0360. The Kier molecular flexibility index (Phi) is 7.56. The van der Waals surface area contributed by atoms with Gasteiger partial charge in [0, 0.05) is 13.2 Å². The van der Waals surface area contributed by atoms with E-state index < -0.39 is 0 Å². The third-order valence-corrected chi connectivity index (χ3v) is 1.39. The van der Waals surface area contributed by atoms with Gasteiger partial charge in [0.15, 0.2) is 0 Å². The lowest BCUT2D eigenvalue weighted by Gasteiger charge is -2.07. The SMILES string of the molecule is CC(C)OCCCNC(=O)NCC#N. The Morgan fingerprint density at radius 1 is 1.50 bits per heavy atom. The van der Waals surface area contributed by atoms with Crippen LogP contribution in [0.5, 0.6) is 0 Å². The van der Waals surface area contributed by atoms with Gasteiger partial charge < -0.3 is 15.4 Å². The second-order valence-corrected chi connectivity index (χ2v) is 3.04. The van der Waals surface area contributed by atoms with Crippen molar-refractivity contribution in [3.8, 4) is 6.07 Å². The van der Waals surface area contributed by atoms with Crippen LogP contribution in [0.2, 0.25) is 0 Å². The zero-order chi connectivity index (χ0) is 10.8. The summed E-state index contributed by atoms with van der Waals surface area (Å²) in [4.78, 5) is 10.9. The molecule has 0 bridgehead atoms. The Balaban J connectivity index is 3.20. The normalized spacial score (nSPS) is 9.57. The highest BCUT2D eigenvalue weighted by Gasteiger charge is 1.97. The van der Waals surface area contributed by atoms with E-state index in [1.54, 1.807) is 0 Å². The van der Waals surface area contributed by atoms with Crippen LogP contribution in [0.15, 0.2) is 0 Å².